The Hall–Kier alpha value is -0.540. The molecule has 3 rings (SSSR count). The van der Waals surface area contributed by atoms with Gasteiger partial charge in [-0.3, -0.25) is 4.68 Å². The van der Waals surface area contributed by atoms with Gasteiger partial charge in [0, 0.05) is 6.54 Å². The van der Waals surface area contributed by atoms with Gasteiger partial charge in [0.1, 0.15) is 5.60 Å². The molecule has 0 saturated heterocycles. The van der Waals surface area contributed by atoms with E-state index < -0.39 is 5.60 Å². The zero-order chi connectivity index (χ0) is 12.0. The van der Waals surface area contributed by atoms with Crippen LogP contribution in [0.4, 0.5) is 0 Å². The largest absolute Gasteiger partial charge is 0.383 e. The fourth-order valence-electron chi connectivity index (χ4n) is 3.77. The predicted molar refractivity (Wildman–Crippen MR) is 66.9 cm³/mol. The van der Waals surface area contributed by atoms with Crippen molar-refractivity contribution < 1.29 is 5.11 Å². The Morgan fingerprint density at radius 2 is 2.41 bits per heavy atom. The minimum absolute atomic E-state index is 0.386. The molecule has 0 amide bonds. The predicted octanol–water partition coefficient (Wildman–Crippen LogP) is 2.95. The van der Waals surface area contributed by atoms with E-state index in [9.17, 15) is 5.11 Å². The Labute approximate surface area is 107 Å². The molecule has 1 N–H and O–H groups in total. The van der Waals surface area contributed by atoms with E-state index in [-0.39, 0.29) is 0 Å². The zero-order valence-corrected chi connectivity index (χ0v) is 11.0. The normalized spacial score (nSPS) is 35.7. The maximum Gasteiger partial charge on any atom is 0.111 e. The lowest BCUT2D eigenvalue weighted by atomic mass is 9.81. The molecule has 3 nitrogen and oxygen atoms in total. The molecule has 3 unspecified atom stereocenters. The number of hydrogen-bond donors (Lipinski definition) is 1. The summed E-state index contributed by atoms with van der Waals surface area (Å²) in [5.74, 6) is 1.07. The fraction of sp³-hybridized carbons (Fsp3) is 0.769. The third-order valence-electron chi connectivity index (χ3n) is 4.46. The molecule has 2 fully saturated rings. The Morgan fingerprint density at radius 3 is 3.00 bits per heavy atom. The summed E-state index contributed by atoms with van der Waals surface area (Å²) in [6.45, 7) is 2.95. The number of halogens is 1. The minimum atomic E-state index is -0.717. The summed E-state index contributed by atoms with van der Waals surface area (Å²) in [6.07, 6.45) is 7.12. The lowest BCUT2D eigenvalue weighted by molar-refractivity contribution is -0.0260. The Balaban J connectivity index is 2.00. The average Bonchev–Trinajstić information content (AvgIpc) is 2.93. The van der Waals surface area contributed by atoms with Gasteiger partial charge in [-0.25, -0.2) is 0 Å². The van der Waals surface area contributed by atoms with Crippen LogP contribution in [0.15, 0.2) is 6.20 Å². The van der Waals surface area contributed by atoms with E-state index in [1.807, 2.05) is 4.68 Å². The van der Waals surface area contributed by atoms with Crippen molar-refractivity contribution in [2.75, 3.05) is 0 Å². The highest BCUT2D eigenvalue weighted by molar-refractivity contribution is 6.31. The van der Waals surface area contributed by atoms with Crippen LogP contribution in [0.1, 0.15) is 44.7 Å². The van der Waals surface area contributed by atoms with Crippen LogP contribution in [0.2, 0.25) is 5.02 Å². The maximum absolute atomic E-state index is 11.0. The molecule has 2 saturated carbocycles. The molecule has 4 heteroatoms. The molecule has 3 atom stereocenters. The van der Waals surface area contributed by atoms with Crippen LogP contribution >= 0.6 is 11.6 Å². The second kappa shape index (κ2) is 3.99. The van der Waals surface area contributed by atoms with Crippen molar-refractivity contribution in [3.05, 3.63) is 16.9 Å². The van der Waals surface area contributed by atoms with Crippen molar-refractivity contribution in [2.24, 2.45) is 11.8 Å². The zero-order valence-electron chi connectivity index (χ0n) is 10.2. The summed E-state index contributed by atoms with van der Waals surface area (Å²) in [6, 6.07) is 0. The van der Waals surface area contributed by atoms with E-state index in [2.05, 4.69) is 12.0 Å². The summed E-state index contributed by atoms with van der Waals surface area (Å²) in [5.41, 5.74) is 0.152. The number of fused-ring (bicyclic) bond motifs is 2. The number of nitrogens with zero attached hydrogens (tertiary/aromatic N) is 2. The molecule has 0 spiro atoms. The Bertz CT molecular complexity index is 431. The van der Waals surface area contributed by atoms with Crippen LogP contribution in [0, 0.1) is 11.8 Å². The van der Waals surface area contributed by atoms with Crippen LogP contribution in [-0.2, 0) is 12.1 Å². The standard InChI is InChI=1S/C13H19ClN2O/c1-2-5-16-12(11(14)8-15-16)13(17)7-9-3-4-10(13)6-9/h8-10,17H,2-7H2,1H3. The van der Waals surface area contributed by atoms with Crippen molar-refractivity contribution >= 4 is 11.6 Å². The monoisotopic (exact) mass is 254 g/mol. The van der Waals surface area contributed by atoms with E-state index >= 15 is 0 Å². The Kier molecular flexibility index (Phi) is 2.71. The van der Waals surface area contributed by atoms with E-state index in [1.54, 1.807) is 6.20 Å². The van der Waals surface area contributed by atoms with Gasteiger partial charge in [0.15, 0.2) is 0 Å². The number of rotatable bonds is 3. The van der Waals surface area contributed by atoms with Crippen molar-refractivity contribution in [1.29, 1.82) is 0 Å². The minimum Gasteiger partial charge on any atom is -0.383 e. The van der Waals surface area contributed by atoms with Gasteiger partial charge >= 0.3 is 0 Å². The molecule has 0 radical (unpaired) electrons. The number of aryl methyl sites for hydroxylation is 1. The first-order valence-corrected chi connectivity index (χ1v) is 6.97. The molecule has 2 aliphatic rings. The van der Waals surface area contributed by atoms with Crippen LogP contribution in [0.25, 0.3) is 0 Å². The molecule has 2 aliphatic carbocycles. The number of hydrogen-bond acceptors (Lipinski definition) is 2. The van der Waals surface area contributed by atoms with Gasteiger partial charge in [0.25, 0.3) is 0 Å². The van der Waals surface area contributed by atoms with Crippen molar-refractivity contribution in [2.45, 2.75) is 51.2 Å². The highest BCUT2D eigenvalue weighted by Crippen LogP contribution is 2.56. The van der Waals surface area contributed by atoms with E-state index in [4.69, 9.17) is 11.6 Å². The van der Waals surface area contributed by atoms with Crippen LogP contribution < -0.4 is 0 Å². The quantitative estimate of drug-likeness (QED) is 0.901. The van der Waals surface area contributed by atoms with Gasteiger partial charge in [-0.2, -0.15) is 5.10 Å². The lowest BCUT2D eigenvalue weighted by Gasteiger charge is -2.33. The summed E-state index contributed by atoms with van der Waals surface area (Å²) in [5, 5.41) is 15.9. The molecule has 17 heavy (non-hydrogen) atoms. The maximum atomic E-state index is 11.0. The topological polar surface area (TPSA) is 38.0 Å². The summed E-state index contributed by atoms with van der Waals surface area (Å²) >= 11 is 6.24. The summed E-state index contributed by atoms with van der Waals surface area (Å²) in [7, 11) is 0. The first-order chi connectivity index (χ1) is 8.15. The van der Waals surface area contributed by atoms with Gasteiger partial charge in [0.2, 0.25) is 0 Å². The van der Waals surface area contributed by atoms with E-state index in [1.165, 1.54) is 6.42 Å². The fourth-order valence-corrected chi connectivity index (χ4v) is 4.07. The van der Waals surface area contributed by atoms with Crippen molar-refractivity contribution in [1.82, 2.24) is 9.78 Å². The Morgan fingerprint density at radius 1 is 1.59 bits per heavy atom. The lowest BCUT2D eigenvalue weighted by Crippen LogP contribution is -2.35. The van der Waals surface area contributed by atoms with Gasteiger partial charge in [0.05, 0.1) is 16.9 Å². The average molecular weight is 255 g/mol. The smallest absolute Gasteiger partial charge is 0.111 e. The van der Waals surface area contributed by atoms with Gasteiger partial charge in [-0.15, -0.1) is 0 Å². The number of aliphatic hydroxyl groups is 1. The molecule has 0 aromatic carbocycles. The third-order valence-corrected chi connectivity index (χ3v) is 4.73. The van der Waals surface area contributed by atoms with Crippen LogP contribution in [0.5, 0.6) is 0 Å². The van der Waals surface area contributed by atoms with Gasteiger partial charge in [-0.1, -0.05) is 18.5 Å². The van der Waals surface area contributed by atoms with Crippen LogP contribution in [-0.4, -0.2) is 14.9 Å². The molecule has 1 heterocycles. The second-order valence-corrected chi connectivity index (χ2v) is 5.98. The second-order valence-electron chi connectivity index (χ2n) is 5.57. The third kappa shape index (κ3) is 1.63. The SMILES string of the molecule is CCCn1ncc(Cl)c1C1(O)CC2CCC1C2. The molecule has 1 aromatic heterocycles. The first-order valence-electron chi connectivity index (χ1n) is 6.59. The highest BCUT2D eigenvalue weighted by atomic mass is 35.5. The molecular formula is C13H19ClN2O. The summed E-state index contributed by atoms with van der Waals surface area (Å²) in [4.78, 5) is 0. The molecule has 0 aliphatic heterocycles. The first kappa shape index (κ1) is 11.5. The molecule has 2 bridgehead atoms. The van der Waals surface area contributed by atoms with Crippen LogP contribution in [0.3, 0.4) is 0 Å². The summed E-state index contributed by atoms with van der Waals surface area (Å²) < 4.78 is 1.91. The number of aromatic nitrogens is 2. The van der Waals surface area contributed by atoms with E-state index in [0.717, 1.165) is 37.9 Å². The highest BCUT2D eigenvalue weighted by Gasteiger charge is 2.53. The molecule has 94 valence electrons. The van der Waals surface area contributed by atoms with Crippen molar-refractivity contribution in [3.63, 3.8) is 0 Å². The molecule has 1 aromatic rings. The van der Waals surface area contributed by atoms with Gasteiger partial charge < -0.3 is 5.11 Å². The van der Waals surface area contributed by atoms with Gasteiger partial charge in [-0.05, 0) is 43.9 Å². The van der Waals surface area contributed by atoms with Crippen molar-refractivity contribution in [3.8, 4) is 0 Å². The van der Waals surface area contributed by atoms with E-state index in [0.29, 0.717) is 16.9 Å². The molecular weight excluding hydrogens is 236 g/mol.